The molecule has 1 aromatic heterocycles. The smallest absolute Gasteiger partial charge is 0.307 e. The van der Waals surface area contributed by atoms with Crippen LogP contribution in [0.2, 0.25) is 0 Å². The van der Waals surface area contributed by atoms with Crippen LogP contribution in [0.5, 0.6) is 0 Å². The summed E-state index contributed by atoms with van der Waals surface area (Å²) in [6.45, 7) is 0.432. The average molecular weight is 295 g/mol. The molecule has 1 heterocycles. The lowest BCUT2D eigenvalue weighted by molar-refractivity contribution is -0.136. The van der Waals surface area contributed by atoms with Crippen molar-refractivity contribution in [2.75, 3.05) is 0 Å². The lowest BCUT2D eigenvalue weighted by atomic mass is 10.1. The number of carboxylic acids is 1. The molecule has 0 bridgehead atoms. The van der Waals surface area contributed by atoms with Gasteiger partial charge in [-0.1, -0.05) is 48.5 Å². The molecule has 4 nitrogen and oxygen atoms in total. The standard InChI is InChI=1S/C18H17NO3/c20-12-17-15(10-18(21)22)14-8-4-5-9-16(14)19(17)11-13-6-2-1-3-7-13/h1-9,20H,10-12H2,(H,21,22). The molecule has 2 N–H and O–H groups in total. The number of rotatable bonds is 5. The van der Waals surface area contributed by atoms with E-state index in [0.717, 1.165) is 16.5 Å². The van der Waals surface area contributed by atoms with Gasteiger partial charge >= 0.3 is 5.97 Å². The number of carboxylic acid groups (broad SMARTS) is 1. The van der Waals surface area contributed by atoms with Crippen LogP contribution < -0.4 is 0 Å². The third-order valence-electron chi connectivity index (χ3n) is 3.86. The summed E-state index contributed by atoms with van der Waals surface area (Å²) >= 11 is 0. The molecule has 0 aliphatic heterocycles. The lowest BCUT2D eigenvalue weighted by Gasteiger charge is -2.10. The van der Waals surface area contributed by atoms with Gasteiger partial charge in [0.15, 0.2) is 0 Å². The third-order valence-corrected chi connectivity index (χ3v) is 3.86. The van der Waals surface area contributed by atoms with Crippen LogP contribution in [-0.4, -0.2) is 20.7 Å². The van der Waals surface area contributed by atoms with Crippen LogP contribution in [0.1, 0.15) is 16.8 Å². The fourth-order valence-corrected chi connectivity index (χ4v) is 2.90. The second-order valence-electron chi connectivity index (χ2n) is 5.24. The van der Waals surface area contributed by atoms with Crippen LogP contribution in [0.3, 0.4) is 0 Å². The Morgan fingerprint density at radius 1 is 1.00 bits per heavy atom. The number of aliphatic hydroxyl groups excluding tert-OH is 1. The highest BCUT2D eigenvalue weighted by Crippen LogP contribution is 2.28. The predicted octanol–water partition coefficient (Wildman–Crippen LogP) is 2.81. The molecule has 22 heavy (non-hydrogen) atoms. The number of hydrogen-bond donors (Lipinski definition) is 2. The second-order valence-corrected chi connectivity index (χ2v) is 5.24. The summed E-state index contributed by atoms with van der Waals surface area (Å²) in [7, 11) is 0. The molecular formula is C18H17NO3. The van der Waals surface area contributed by atoms with E-state index in [0.29, 0.717) is 17.8 Å². The number of hydrogen-bond acceptors (Lipinski definition) is 2. The highest BCUT2D eigenvalue weighted by molar-refractivity contribution is 5.89. The van der Waals surface area contributed by atoms with E-state index < -0.39 is 5.97 Å². The molecule has 0 radical (unpaired) electrons. The molecule has 2 aromatic carbocycles. The van der Waals surface area contributed by atoms with Gasteiger partial charge in [-0.3, -0.25) is 4.79 Å². The fourth-order valence-electron chi connectivity index (χ4n) is 2.90. The van der Waals surface area contributed by atoms with Crippen LogP contribution >= 0.6 is 0 Å². The number of para-hydroxylation sites is 1. The maximum atomic E-state index is 11.2. The molecule has 0 amide bonds. The number of aliphatic carboxylic acids is 1. The van der Waals surface area contributed by atoms with Gasteiger partial charge in [-0.2, -0.15) is 0 Å². The minimum absolute atomic E-state index is 0.0851. The van der Waals surface area contributed by atoms with Crippen LogP contribution in [0, 0.1) is 0 Å². The van der Waals surface area contributed by atoms with E-state index in [1.54, 1.807) is 0 Å². The van der Waals surface area contributed by atoms with Crippen LogP contribution in [0.25, 0.3) is 10.9 Å². The van der Waals surface area contributed by atoms with Gasteiger partial charge in [0.25, 0.3) is 0 Å². The van der Waals surface area contributed by atoms with E-state index in [2.05, 4.69) is 0 Å². The normalized spacial score (nSPS) is 11.0. The monoisotopic (exact) mass is 295 g/mol. The second kappa shape index (κ2) is 6.03. The summed E-state index contributed by atoms with van der Waals surface area (Å²) in [4.78, 5) is 11.2. The highest BCUT2D eigenvalue weighted by Gasteiger charge is 2.18. The summed E-state index contributed by atoms with van der Waals surface area (Å²) in [6.07, 6.45) is -0.0851. The SMILES string of the molecule is O=C(O)Cc1c(CO)n(Cc2ccccc2)c2ccccc12. The van der Waals surface area contributed by atoms with Crippen molar-refractivity contribution in [3.8, 4) is 0 Å². The molecule has 0 saturated heterocycles. The van der Waals surface area contributed by atoms with Gasteiger partial charge in [-0.05, 0) is 17.2 Å². The highest BCUT2D eigenvalue weighted by atomic mass is 16.4. The molecule has 112 valence electrons. The van der Waals surface area contributed by atoms with E-state index in [9.17, 15) is 9.90 Å². The molecule has 0 unspecified atom stereocenters. The fraction of sp³-hybridized carbons (Fsp3) is 0.167. The van der Waals surface area contributed by atoms with Gasteiger partial charge in [0, 0.05) is 23.1 Å². The van der Waals surface area contributed by atoms with Crippen molar-refractivity contribution in [1.29, 1.82) is 0 Å². The van der Waals surface area contributed by atoms with Gasteiger partial charge in [0.1, 0.15) is 0 Å². The number of carbonyl (C=O) groups is 1. The molecule has 4 heteroatoms. The first-order valence-electron chi connectivity index (χ1n) is 7.16. The minimum atomic E-state index is -0.891. The Labute approximate surface area is 128 Å². The third kappa shape index (κ3) is 2.61. The van der Waals surface area contributed by atoms with Crippen LogP contribution in [-0.2, 0) is 24.4 Å². The number of aromatic nitrogens is 1. The summed E-state index contributed by atoms with van der Waals surface area (Å²) < 4.78 is 2.00. The van der Waals surface area contributed by atoms with Crippen molar-refractivity contribution >= 4 is 16.9 Å². The lowest BCUT2D eigenvalue weighted by Crippen LogP contribution is -2.08. The van der Waals surface area contributed by atoms with Crippen molar-refractivity contribution in [3.63, 3.8) is 0 Å². The Bertz CT molecular complexity index is 806. The van der Waals surface area contributed by atoms with Gasteiger partial charge < -0.3 is 14.8 Å². The summed E-state index contributed by atoms with van der Waals surface area (Å²) in [6, 6.07) is 17.6. The molecule has 0 aliphatic rings. The first-order chi connectivity index (χ1) is 10.7. The number of benzene rings is 2. The van der Waals surface area contributed by atoms with Gasteiger partial charge in [-0.15, -0.1) is 0 Å². The van der Waals surface area contributed by atoms with Gasteiger partial charge in [0.2, 0.25) is 0 Å². The molecule has 3 rings (SSSR count). The van der Waals surface area contributed by atoms with Crippen molar-refractivity contribution in [2.24, 2.45) is 0 Å². The molecule has 0 aliphatic carbocycles. The molecule has 0 fully saturated rings. The van der Waals surface area contributed by atoms with Crippen molar-refractivity contribution in [3.05, 3.63) is 71.4 Å². The summed E-state index contributed by atoms with van der Waals surface area (Å²) in [5.74, 6) is -0.891. The zero-order valence-corrected chi connectivity index (χ0v) is 12.1. The Balaban J connectivity index is 2.17. The quantitative estimate of drug-likeness (QED) is 0.761. The van der Waals surface area contributed by atoms with Crippen LogP contribution in [0.15, 0.2) is 54.6 Å². The maximum absolute atomic E-state index is 11.2. The summed E-state index contributed by atoms with van der Waals surface area (Å²) in [5.41, 5.74) is 3.43. The van der Waals surface area contributed by atoms with Crippen molar-refractivity contribution in [1.82, 2.24) is 4.57 Å². The predicted molar refractivity (Wildman–Crippen MR) is 84.7 cm³/mol. The van der Waals surface area contributed by atoms with E-state index in [4.69, 9.17) is 5.11 Å². The largest absolute Gasteiger partial charge is 0.481 e. The van der Waals surface area contributed by atoms with Gasteiger partial charge in [0.05, 0.1) is 13.0 Å². The van der Waals surface area contributed by atoms with E-state index in [1.165, 1.54) is 0 Å². The van der Waals surface area contributed by atoms with Gasteiger partial charge in [-0.25, -0.2) is 0 Å². The maximum Gasteiger partial charge on any atom is 0.307 e. The summed E-state index contributed by atoms with van der Waals surface area (Å²) in [5, 5.41) is 19.8. The zero-order valence-electron chi connectivity index (χ0n) is 12.1. The first-order valence-corrected chi connectivity index (χ1v) is 7.16. The number of aliphatic hydroxyl groups is 1. The molecule has 3 aromatic rings. The van der Waals surface area contributed by atoms with Crippen LogP contribution in [0.4, 0.5) is 0 Å². The molecule has 0 spiro atoms. The van der Waals surface area contributed by atoms with E-state index >= 15 is 0 Å². The Kier molecular flexibility index (Phi) is 3.94. The first kappa shape index (κ1) is 14.4. The molecule has 0 atom stereocenters. The van der Waals surface area contributed by atoms with E-state index in [-0.39, 0.29) is 13.0 Å². The number of fused-ring (bicyclic) bond motifs is 1. The minimum Gasteiger partial charge on any atom is -0.481 e. The van der Waals surface area contributed by atoms with E-state index in [1.807, 2.05) is 59.2 Å². The zero-order chi connectivity index (χ0) is 15.5. The Morgan fingerprint density at radius 3 is 2.36 bits per heavy atom. The number of nitrogens with zero attached hydrogens (tertiary/aromatic N) is 1. The molecule has 0 saturated carbocycles. The Hall–Kier alpha value is -2.59. The Morgan fingerprint density at radius 2 is 1.68 bits per heavy atom. The molecular weight excluding hydrogens is 278 g/mol. The average Bonchev–Trinajstić information content (AvgIpc) is 2.81. The topological polar surface area (TPSA) is 62.5 Å². The van der Waals surface area contributed by atoms with Crippen molar-refractivity contribution < 1.29 is 15.0 Å². The van der Waals surface area contributed by atoms with Crippen molar-refractivity contribution in [2.45, 2.75) is 19.6 Å².